The molecule has 0 spiro atoms. The summed E-state index contributed by atoms with van der Waals surface area (Å²) in [5.41, 5.74) is -5.24. The molecule has 1 aliphatic heterocycles. The number of nitrogens with zero attached hydrogens (tertiary/aromatic N) is 4. The first-order chi connectivity index (χ1) is 12.7. The van der Waals surface area contributed by atoms with Crippen molar-refractivity contribution in [2.75, 3.05) is 32.7 Å². The minimum Gasteiger partial charge on any atom is -0.357 e. The van der Waals surface area contributed by atoms with Crippen LogP contribution in [0.5, 0.6) is 0 Å². The summed E-state index contributed by atoms with van der Waals surface area (Å²) in [6.45, 7) is 4.07. The summed E-state index contributed by atoms with van der Waals surface area (Å²) >= 11 is 0. The van der Waals surface area contributed by atoms with Crippen LogP contribution in [0.4, 0.5) is 13.2 Å². The monoisotopic (exact) mass is 410 g/mol. The number of piperidine rings is 1. The topological polar surface area (TPSA) is 91.6 Å². The molecule has 0 unspecified atom stereocenters. The lowest BCUT2D eigenvalue weighted by molar-refractivity contribution is -0.0496. The number of nitrogens with one attached hydrogen (secondary N) is 2. The molecule has 0 radical (unpaired) electrons. The Labute approximate surface area is 156 Å². The number of rotatable bonds is 7. The molecule has 1 fully saturated rings. The van der Waals surface area contributed by atoms with E-state index in [0.717, 1.165) is 0 Å². The quantitative estimate of drug-likeness (QED) is 0.517. The highest BCUT2D eigenvalue weighted by Gasteiger charge is 2.50. The fourth-order valence-corrected chi connectivity index (χ4v) is 3.75. The summed E-state index contributed by atoms with van der Waals surface area (Å²) in [4.78, 5) is 4.47. The standard InChI is InChI=1S/C15H25F3N6O2S/c1-2-19-14(20-7-11-23-8-3-6-22-23)21-12-13-4-9-24(10-5-13)27(25,26)15(16,17)18/h3,6,8,13H,2,4-5,7,9-12H2,1H3,(H2,19,20,21). The normalized spacial score (nSPS) is 17.9. The van der Waals surface area contributed by atoms with Crippen LogP contribution in [0.25, 0.3) is 0 Å². The average Bonchev–Trinajstić information content (AvgIpc) is 3.12. The second-order valence-corrected chi connectivity index (χ2v) is 8.14. The minimum absolute atomic E-state index is 0.0475. The summed E-state index contributed by atoms with van der Waals surface area (Å²) in [5, 5.41) is 10.4. The largest absolute Gasteiger partial charge is 0.511 e. The van der Waals surface area contributed by atoms with Crippen LogP contribution >= 0.6 is 0 Å². The van der Waals surface area contributed by atoms with Gasteiger partial charge in [0, 0.05) is 45.1 Å². The first-order valence-corrected chi connectivity index (χ1v) is 10.2. The summed E-state index contributed by atoms with van der Waals surface area (Å²) in [6, 6.07) is 1.84. The van der Waals surface area contributed by atoms with Gasteiger partial charge >= 0.3 is 15.5 Å². The van der Waals surface area contributed by atoms with E-state index in [2.05, 4.69) is 20.7 Å². The molecule has 0 aromatic carbocycles. The Balaban J connectivity index is 1.81. The van der Waals surface area contributed by atoms with E-state index in [1.54, 1.807) is 10.9 Å². The minimum atomic E-state index is -5.24. The molecule has 0 saturated carbocycles. The van der Waals surface area contributed by atoms with Crippen LogP contribution in [-0.2, 0) is 16.6 Å². The SMILES string of the molecule is CCNC(=NCC1CCN(S(=O)(=O)C(F)(F)F)CC1)NCCn1cccn1. The van der Waals surface area contributed by atoms with Gasteiger partial charge in [-0.15, -0.1) is 0 Å². The van der Waals surface area contributed by atoms with Gasteiger partial charge in [0.25, 0.3) is 0 Å². The lowest BCUT2D eigenvalue weighted by Crippen LogP contribution is -2.45. The fourth-order valence-electron chi connectivity index (χ4n) is 2.76. The maximum atomic E-state index is 12.6. The summed E-state index contributed by atoms with van der Waals surface area (Å²) in [7, 11) is -5.23. The number of guanidine groups is 1. The van der Waals surface area contributed by atoms with Crippen molar-refractivity contribution in [3.05, 3.63) is 18.5 Å². The van der Waals surface area contributed by atoms with Gasteiger partial charge in [-0.05, 0) is 31.7 Å². The van der Waals surface area contributed by atoms with Crippen molar-refractivity contribution in [1.29, 1.82) is 0 Å². The molecule has 1 aromatic rings. The summed E-state index contributed by atoms with van der Waals surface area (Å²) < 4.78 is 63.0. The van der Waals surface area contributed by atoms with Crippen molar-refractivity contribution in [1.82, 2.24) is 24.7 Å². The highest BCUT2D eigenvalue weighted by Crippen LogP contribution is 2.30. The Bertz CT molecular complexity index is 698. The molecular formula is C15H25F3N6O2S. The van der Waals surface area contributed by atoms with E-state index in [4.69, 9.17) is 0 Å². The Morgan fingerprint density at radius 2 is 2.00 bits per heavy atom. The second-order valence-electron chi connectivity index (χ2n) is 6.21. The van der Waals surface area contributed by atoms with Crippen molar-refractivity contribution in [2.45, 2.75) is 31.8 Å². The van der Waals surface area contributed by atoms with Gasteiger partial charge in [0.15, 0.2) is 5.96 Å². The maximum absolute atomic E-state index is 12.6. The molecule has 0 amide bonds. The molecular weight excluding hydrogens is 385 g/mol. The predicted molar refractivity (Wildman–Crippen MR) is 95.5 cm³/mol. The van der Waals surface area contributed by atoms with Crippen LogP contribution in [0.15, 0.2) is 23.5 Å². The highest BCUT2D eigenvalue weighted by atomic mass is 32.2. The second kappa shape index (κ2) is 9.40. The molecule has 0 bridgehead atoms. The number of alkyl halides is 3. The lowest BCUT2D eigenvalue weighted by atomic mass is 9.98. The molecule has 1 aromatic heterocycles. The van der Waals surface area contributed by atoms with E-state index >= 15 is 0 Å². The average molecular weight is 410 g/mol. The Kier molecular flexibility index (Phi) is 7.48. The Morgan fingerprint density at radius 1 is 1.30 bits per heavy atom. The highest BCUT2D eigenvalue weighted by molar-refractivity contribution is 7.90. The molecule has 8 nitrogen and oxygen atoms in total. The van der Waals surface area contributed by atoms with Crippen LogP contribution in [-0.4, -0.2) is 66.7 Å². The van der Waals surface area contributed by atoms with Crippen molar-refractivity contribution in [2.24, 2.45) is 10.9 Å². The van der Waals surface area contributed by atoms with E-state index in [9.17, 15) is 21.6 Å². The molecule has 0 aliphatic carbocycles. The number of aromatic nitrogens is 2. The number of hydrogen-bond donors (Lipinski definition) is 2. The maximum Gasteiger partial charge on any atom is 0.511 e. The van der Waals surface area contributed by atoms with Gasteiger partial charge in [0.2, 0.25) is 0 Å². The van der Waals surface area contributed by atoms with Crippen molar-refractivity contribution >= 4 is 16.0 Å². The summed E-state index contributed by atoms with van der Waals surface area (Å²) in [6.07, 6.45) is 4.26. The lowest BCUT2D eigenvalue weighted by Gasteiger charge is -2.30. The zero-order chi connectivity index (χ0) is 19.9. The molecule has 2 N–H and O–H groups in total. The Hall–Kier alpha value is -1.82. The predicted octanol–water partition coefficient (Wildman–Crippen LogP) is 1.000. The first kappa shape index (κ1) is 21.5. The van der Waals surface area contributed by atoms with E-state index < -0.39 is 15.5 Å². The molecule has 27 heavy (non-hydrogen) atoms. The first-order valence-electron chi connectivity index (χ1n) is 8.80. The zero-order valence-electron chi connectivity index (χ0n) is 15.1. The molecule has 154 valence electrons. The van der Waals surface area contributed by atoms with Crippen LogP contribution in [0.2, 0.25) is 0 Å². The van der Waals surface area contributed by atoms with Gasteiger partial charge in [-0.3, -0.25) is 9.67 Å². The number of aliphatic imine (C=N–C) groups is 1. The zero-order valence-corrected chi connectivity index (χ0v) is 15.9. The van der Waals surface area contributed by atoms with Crippen LogP contribution < -0.4 is 10.6 Å². The summed E-state index contributed by atoms with van der Waals surface area (Å²) in [5.74, 6) is 0.668. The molecule has 1 saturated heterocycles. The third kappa shape index (κ3) is 6.09. The van der Waals surface area contributed by atoms with Gasteiger partial charge in [0.1, 0.15) is 0 Å². The third-order valence-corrected chi connectivity index (χ3v) is 5.88. The van der Waals surface area contributed by atoms with Gasteiger partial charge in [0.05, 0.1) is 6.54 Å². The number of hydrogen-bond acceptors (Lipinski definition) is 4. The van der Waals surface area contributed by atoms with Gasteiger partial charge in [-0.2, -0.15) is 22.6 Å². The molecule has 2 rings (SSSR count). The number of halogens is 3. The molecule has 2 heterocycles. The van der Waals surface area contributed by atoms with Crippen molar-refractivity contribution in [3.8, 4) is 0 Å². The molecule has 1 aliphatic rings. The van der Waals surface area contributed by atoms with Gasteiger partial charge in [-0.1, -0.05) is 0 Å². The Morgan fingerprint density at radius 3 is 2.56 bits per heavy atom. The molecule has 12 heteroatoms. The third-order valence-electron chi connectivity index (χ3n) is 4.25. The van der Waals surface area contributed by atoms with Crippen molar-refractivity contribution < 1.29 is 21.6 Å². The number of sulfonamides is 1. The van der Waals surface area contributed by atoms with E-state index in [1.165, 1.54) is 0 Å². The van der Waals surface area contributed by atoms with Gasteiger partial charge in [-0.25, -0.2) is 8.42 Å². The smallest absolute Gasteiger partial charge is 0.357 e. The molecule has 0 atom stereocenters. The fraction of sp³-hybridized carbons (Fsp3) is 0.733. The van der Waals surface area contributed by atoms with Crippen LogP contribution in [0, 0.1) is 5.92 Å². The van der Waals surface area contributed by atoms with E-state index in [0.29, 0.717) is 49.3 Å². The van der Waals surface area contributed by atoms with E-state index in [1.807, 2.05) is 19.2 Å². The van der Waals surface area contributed by atoms with Crippen LogP contribution in [0.1, 0.15) is 19.8 Å². The van der Waals surface area contributed by atoms with Crippen LogP contribution in [0.3, 0.4) is 0 Å². The van der Waals surface area contributed by atoms with E-state index in [-0.39, 0.29) is 19.0 Å². The van der Waals surface area contributed by atoms with Crippen molar-refractivity contribution in [3.63, 3.8) is 0 Å². The van der Waals surface area contributed by atoms with Gasteiger partial charge < -0.3 is 10.6 Å².